The quantitative estimate of drug-likeness (QED) is 0.599. The molecule has 0 bridgehead atoms. The van der Waals surface area contributed by atoms with Crippen LogP contribution in [0.5, 0.6) is 0 Å². The van der Waals surface area contributed by atoms with Gasteiger partial charge in [-0.2, -0.15) is 0 Å². The summed E-state index contributed by atoms with van der Waals surface area (Å²) in [6, 6.07) is 10.0. The highest BCUT2D eigenvalue weighted by Crippen LogP contribution is 2.34. The summed E-state index contributed by atoms with van der Waals surface area (Å²) in [7, 11) is 1.86. The molecule has 0 aliphatic rings. The van der Waals surface area contributed by atoms with Gasteiger partial charge in [0.25, 0.3) is 5.91 Å². The molecule has 120 valence electrons. The molecule has 2 heterocycles. The topological polar surface area (TPSA) is 66.0 Å². The van der Waals surface area contributed by atoms with Crippen LogP contribution in [0.4, 0.5) is 10.8 Å². The van der Waals surface area contributed by atoms with Crippen LogP contribution in [0.1, 0.15) is 15.2 Å². The van der Waals surface area contributed by atoms with E-state index in [4.69, 9.17) is 0 Å². The number of thiophene rings is 1. The van der Waals surface area contributed by atoms with E-state index in [0.717, 1.165) is 26.9 Å². The average molecular weight is 346 g/mol. The van der Waals surface area contributed by atoms with E-state index in [1.807, 2.05) is 31.3 Å². The molecule has 3 aromatic rings. The van der Waals surface area contributed by atoms with Gasteiger partial charge in [-0.25, -0.2) is 4.98 Å². The van der Waals surface area contributed by atoms with E-state index in [2.05, 4.69) is 33.9 Å². The first kappa shape index (κ1) is 15.9. The lowest BCUT2D eigenvalue weighted by molar-refractivity contribution is 0.0958. The van der Waals surface area contributed by atoms with Gasteiger partial charge in [0.15, 0.2) is 5.13 Å². The fourth-order valence-corrected chi connectivity index (χ4v) is 4.16. The maximum atomic E-state index is 12.0. The number of anilines is 2. The maximum Gasteiger partial charge on any atom is 0.261 e. The third-order valence-corrected chi connectivity index (χ3v) is 5.44. The summed E-state index contributed by atoms with van der Waals surface area (Å²) in [5.41, 5.74) is 2.23. The molecule has 5 nitrogen and oxygen atoms in total. The Hall–Kier alpha value is -1.96. The summed E-state index contributed by atoms with van der Waals surface area (Å²) in [5, 5.41) is 10.1. The van der Waals surface area contributed by atoms with E-state index in [1.165, 1.54) is 16.9 Å². The Labute approximate surface area is 142 Å². The molecule has 0 aliphatic heterocycles. The zero-order valence-electron chi connectivity index (χ0n) is 13.0. The van der Waals surface area contributed by atoms with Gasteiger partial charge in [-0.05, 0) is 31.7 Å². The molecule has 2 aromatic heterocycles. The van der Waals surface area contributed by atoms with Crippen LogP contribution in [0, 0.1) is 6.92 Å². The summed E-state index contributed by atoms with van der Waals surface area (Å²) in [6.07, 6.45) is 0. The first-order valence-electron chi connectivity index (χ1n) is 7.33. The number of para-hydroxylation sites is 1. The van der Waals surface area contributed by atoms with Gasteiger partial charge in [-0.15, -0.1) is 11.3 Å². The van der Waals surface area contributed by atoms with E-state index in [9.17, 15) is 4.79 Å². The van der Waals surface area contributed by atoms with Crippen molar-refractivity contribution in [3.8, 4) is 0 Å². The zero-order valence-corrected chi connectivity index (χ0v) is 14.6. The van der Waals surface area contributed by atoms with E-state index >= 15 is 0 Å². The van der Waals surface area contributed by atoms with Gasteiger partial charge in [0, 0.05) is 18.8 Å². The normalized spacial score (nSPS) is 10.9. The predicted molar refractivity (Wildman–Crippen MR) is 98.2 cm³/mol. The van der Waals surface area contributed by atoms with Crippen LogP contribution in [0.3, 0.4) is 0 Å². The highest BCUT2D eigenvalue weighted by atomic mass is 32.1. The summed E-state index contributed by atoms with van der Waals surface area (Å²) in [4.78, 5) is 18.2. The number of hydrogen-bond donors (Lipinski definition) is 3. The fourth-order valence-electron chi connectivity index (χ4n) is 2.12. The molecule has 23 heavy (non-hydrogen) atoms. The molecule has 0 spiro atoms. The molecule has 0 aliphatic carbocycles. The molecule has 0 fully saturated rings. The molecule has 0 saturated carbocycles. The van der Waals surface area contributed by atoms with Crippen molar-refractivity contribution in [2.24, 2.45) is 0 Å². The van der Waals surface area contributed by atoms with Crippen molar-refractivity contribution >= 4 is 48.9 Å². The van der Waals surface area contributed by atoms with Crippen LogP contribution < -0.4 is 16.0 Å². The van der Waals surface area contributed by atoms with Crippen molar-refractivity contribution < 1.29 is 4.79 Å². The number of hydrogen-bond acceptors (Lipinski definition) is 6. The fraction of sp³-hybridized carbons (Fsp3) is 0.250. The third-order valence-electron chi connectivity index (χ3n) is 3.36. The molecule has 0 radical (unpaired) electrons. The lowest BCUT2D eigenvalue weighted by Gasteiger charge is -2.05. The lowest BCUT2D eigenvalue weighted by Crippen LogP contribution is -2.29. The van der Waals surface area contributed by atoms with Crippen molar-refractivity contribution in [2.75, 3.05) is 25.5 Å². The standard InChI is InChI=1S/C16H18N4OS2/c1-10-5-3-4-6-11(10)19-16-20-15-13(23-16)9-12(22-15)14(21)18-8-7-17-2/h3-6,9,17H,7-8H2,1-2H3,(H,18,21)(H,19,20). The Morgan fingerprint density at radius 1 is 1.22 bits per heavy atom. The molecule has 7 heteroatoms. The SMILES string of the molecule is CNCCNC(=O)c1cc2sc(Nc3ccccc3C)nc2s1. The first-order chi connectivity index (χ1) is 11.2. The second-order valence-electron chi connectivity index (χ2n) is 5.10. The Morgan fingerprint density at radius 2 is 2.04 bits per heavy atom. The molecule has 3 rings (SSSR count). The molecular formula is C16H18N4OS2. The number of carbonyl (C=O) groups is 1. The van der Waals surface area contributed by atoms with Gasteiger partial charge < -0.3 is 16.0 Å². The monoisotopic (exact) mass is 346 g/mol. The number of thiazole rings is 1. The minimum absolute atomic E-state index is 0.0381. The van der Waals surface area contributed by atoms with Crippen LogP contribution in [-0.4, -0.2) is 31.0 Å². The minimum atomic E-state index is -0.0381. The van der Waals surface area contributed by atoms with Crippen molar-refractivity contribution in [3.05, 3.63) is 40.8 Å². The highest BCUT2D eigenvalue weighted by molar-refractivity contribution is 7.29. The first-order valence-corrected chi connectivity index (χ1v) is 8.96. The van der Waals surface area contributed by atoms with Crippen molar-refractivity contribution in [3.63, 3.8) is 0 Å². The number of aromatic nitrogens is 1. The predicted octanol–water partition coefficient (Wildman–Crippen LogP) is 3.36. The largest absolute Gasteiger partial charge is 0.350 e. The number of aryl methyl sites for hydroxylation is 1. The van der Waals surface area contributed by atoms with E-state index in [0.29, 0.717) is 11.4 Å². The van der Waals surface area contributed by atoms with Crippen molar-refractivity contribution in [1.29, 1.82) is 0 Å². The van der Waals surface area contributed by atoms with Crippen LogP contribution in [0.15, 0.2) is 30.3 Å². The summed E-state index contributed by atoms with van der Waals surface area (Å²) in [6.45, 7) is 3.44. The molecule has 0 saturated heterocycles. The van der Waals surface area contributed by atoms with Gasteiger partial charge >= 0.3 is 0 Å². The second kappa shape index (κ2) is 7.08. The molecular weight excluding hydrogens is 328 g/mol. The van der Waals surface area contributed by atoms with Gasteiger partial charge in [-0.1, -0.05) is 29.5 Å². The van der Waals surface area contributed by atoms with E-state index in [1.54, 1.807) is 11.3 Å². The second-order valence-corrected chi connectivity index (χ2v) is 7.16. The number of benzene rings is 1. The Kier molecular flexibility index (Phi) is 4.90. The zero-order chi connectivity index (χ0) is 16.2. The number of amides is 1. The number of fused-ring (bicyclic) bond motifs is 1. The Morgan fingerprint density at radius 3 is 2.78 bits per heavy atom. The summed E-state index contributed by atoms with van der Waals surface area (Å²) >= 11 is 2.99. The number of likely N-dealkylation sites (N-methyl/N-ethyl adjacent to an activating group) is 1. The van der Waals surface area contributed by atoms with Crippen LogP contribution >= 0.6 is 22.7 Å². The third kappa shape index (κ3) is 3.69. The lowest BCUT2D eigenvalue weighted by atomic mass is 10.2. The van der Waals surface area contributed by atoms with Gasteiger partial charge in [0.2, 0.25) is 0 Å². The summed E-state index contributed by atoms with van der Waals surface area (Å²) in [5.74, 6) is -0.0381. The Bertz CT molecular complexity index is 793. The molecule has 3 N–H and O–H groups in total. The Balaban J connectivity index is 1.73. The van der Waals surface area contributed by atoms with E-state index in [-0.39, 0.29) is 5.91 Å². The van der Waals surface area contributed by atoms with Crippen LogP contribution in [0.2, 0.25) is 0 Å². The molecule has 0 unspecified atom stereocenters. The van der Waals surface area contributed by atoms with Crippen LogP contribution in [0.25, 0.3) is 9.53 Å². The summed E-state index contributed by atoms with van der Waals surface area (Å²) < 4.78 is 1.03. The van der Waals surface area contributed by atoms with Crippen molar-refractivity contribution in [1.82, 2.24) is 15.6 Å². The van der Waals surface area contributed by atoms with Crippen molar-refractivity contribution in [2.45, 2.75) is 6.92 Å². The van der Waals surface area contributed by atoms with Crippen LogP contribution in [-0.2, 0) is 0 Å². The number of nitrogens with one attached hydrogen (secondary N) is 3. The molecule has 1 aromatic carbocycles. The smallest absolute Gasteiger partial charge is 0.261 e. The number of nitrogens with zero attached hydrogens (tertiary/aromatic N) is 1. The molecule has 1 amide bonds. The van der Waals surface area contributed by atoms with E-state index < -0.39 is 0 Å². The minimum Gasteiger partial charge on any atom is -0.350 e. The maximum absolute atomic E-state index is 12.0. The van der Waals surface area contributed by atoms with Gasteiger partial charge in [-0.3, -0.25) is 4.79 Å². The molecule has 0 atom stereocenters. The number of rotatable bonds is 6. The number of carbonyl (C=O) groups excluding carboxylic acids is 1. The highest BCUT2D eigenvalue weighted by Gasteiger charge is 2.14. The average Bonchev–Trinajstić information content (AvgIpc) is 3.08. The van der Waals surface area contributed by atoms with Gasteiger partial charge in [0.05, 0.1) is 9.58 Å². The van der Waals surface area contributed by atoms with Gasteiger partial charge in [0.1, 0.15) is 4.83 Å².